The summed E-state index contributed by atoms with van der Waals surface area (Å²) in [4.78, 5) is 10.4. The first kappa shape index (κ1) is 11.5. The SMILES string of the molecule is O=C(O)C(O)Cc1ccc(O)c(CO)c1. The third kappa shape index (κ3) is 2.93. The van der Waals surface area contributed by atoms with E-state index >= 15 is 0 Å². The maximum absolute atomic E-state index is 10.4. The van der Waals surface area contributed by atoms with Crippen LogP contribution in [0.1, 0.15) is 11.1 Å². The fourth-order valence-electron chi connectivity index (χ4n) is 1.20. The number of carboxylic acids is 1. The monoisotopic (exact) mass is 212 g/mol. The molecular weight excluding hydrogens is 200 g/mol. The molecule has 1 atom stereocenters. The molecule has 0 spiro atoms. The van der Waals surface area contributed by atoms with Gasteiger partial charge in [0.05, 0.1) is 6.61 Å². The van der Waals surface area contributed by atoms with Crippen LogP contribution in [0.3, 0.4) is 0 Å². The van der Waals surface area contributed by atoms with Crippen molar-refractivity contribution in [3.8, 4) is 5.75 Å². The Morgan fingerprint density at radius 1 is 1.40 bits per heavy atom. The van der Waals surface area contributed by atoms with Crippen molar-refractivity contribution in [3.63, 3.8) is 0 Å². The molecule has 0 aliphatic carbocycles. The van der Waals surface area contributed by atoms with Gasteiger partial charge in [-0.15, -0.1) is 0 Å². The highest BCUT2D eigenvalue weighted by Gasteiger charge is 2.14. The zero-order valence-corrected chi connectivity index (χ0v) is 7.92. The molecule has 1 rings (SSSR count). The smallest absolute Gasteiger partial charge is 0.332 e. The van der Waals surface area contributed by atoms with E-state index in [0.29, 0.717) is 11.1 Å². The summed E-state index contributed by atoms with van der Waals surface area (Å²) in [5.74, 6) is -1.35. The van der Waals surface area contributed by atoms with Gasteiger partial charge in [0.15, 0.2) is 6.10 Å². The lowest BCUT2D eigenvalue weighted by Gasteiger charge is -2.07. The Balaban J connectivity index is 2.83. The fourth-order valence-corrected chi connectivity index (χ4v) is 1.20. The summed E-state index contributed by atoms with van der Waals surface area (Å²) in [6.07, 6.45) is -1.52. The number of rotatable bonds is 4. The molecular formula is C10H12O5. The number of carbonyl (C=O) groups is 1. The summed E-state index contributed by atoms with van der Waals surface area (Å²) in [6, 6.07) is 4.32. The number of aliphatic hydroxyl groups excluding tert-OH is 2. The second-order valence-corrected chi connectivity index (χ2v) is 3.18. The lowest BCUT2D eigenvalue weighted by atomic mass is 10.0. The number of benzene rings is 1. The molecule has 82 valence electrons. The van der Waals surface area contributed by atoms with E-state index in [0.717, 1.165) is 0 Å². The maximum Gasteiger partial charge on any atom is 0.332 e. The summed E-state index contributed by atoms with van der Waals surface area (Å²) in [5.41, 5.74) is 0.858. The van der Waals surface area contributed by atoms with Gasteiger partial charge in [0.25, 0.3) is 0 Å². The van der Waals surface area contributed by atoms with E-state index in [1.54, 1.807) is 0 Å². The van der Waals surface area contributed by atoms with Crippen molar-refractivity contribution in [1.82, 2.24) is 0 Å². The van der Waals surface area contributed by atoms with Crippen LogP contribution >= 0.6 is 0 Å². The van der Waals surface area contributed by atoms with Gasteiger partial charge in [0, 0.05) is 12.0 Å². The summed E-state index contributed by atoms with van der Waals surface area (Å²) in [6.45, 7) is -0.331. The van der Waals surface area contributed by atoms with E-state index in [9.17, 15) is 9.90 Å². The normalized spacial score (nSPS) is 12.4. The third-order valence-corrected chi connectivity index (χ3v) is 2.03. The van der Waals surface area contributed by atoms with E-state index in [1.807, 2.05) is 0 Å². The second-order valence-electron chi connectivity index (χ2n) is 3.18. The fraction of sp³-hybridized carbons (Fsp3) is 0.300. The number of carboxylic acid groups (broad SMARTS) is 1. The zero-order valence-electron chi connectivity index (χ0n) is 7.92. The molecule has 1 aromatic rings. The number of phenols is 1. The highest BCUT2D eigenvalue weighted by atomic mass is 16.4. The van der Waals surface area contributed by atoms with Crippen molar-refractivity contribution in [2.75, 3.05) is 0 Å². The lowest BCUT2D eigenvalue weighted by Crippen LogP contribution is -2.21. The van der Waals surface area contributed by atoms with E-state index in [2.05, 4.69) is 0 Å². The van der Waals surface area contributed by atoms with Crippen LogP contribution < -0.4 is 0 Å². The van der Waals surface area contributed by atoms with Crippen molar-refractivity contribution >= 4 is 5.97 Å². The summed E-state index contributed by atoms with van der Waals surface area (Å²) >= 11 is 0. The highest BCUT2D eigenvalue weighted by Crippen LogP contribution is 2.19. The highest BCUT2D eigenvalue weighted by molar-refractivity contribution is 5.72. The van der Waals surface area contributed by atoms with Crippen molar-refractivity contribution in [1.29, 1.82) is 0 Å². The first-order valence-corrected chi connectivity index (χ1v) is 4.37. The molecule has 0 aliphatic rings. The largest absolute Gasteiger partial charge is 0.508 e. The Hall–Kier alpha value is -1.59. The number of hydrogen-bond donors (Lipinski definition) is 4. The van der Waals surface area contributed by atoms with Gasteiger partial charge in [-0.05, 0) is 17.7 Å². The van der Waals surface area contributed by atoms with Crippen LogP contribution in [0.2, 0.25) is 0 Å². The van der Waals surface area contributed by atoms with Crippen LogP contribution in [0.15, 0.2) is 18.2 Å². The average Bonchev–Trinajstić information content (AvgIpc) is 2.20. The third-order valence-electron chi connectivity index (χ3n) is 2.03. The number of hydrogen-bond acceptors (Lipinski definition) is 4. The summed E-state index contributed by atoms with van der Waals surface area (Å²) in [5, 5.41) is 35.7. The van der Waals surface area contributed by atoms with Crippen LogP contribution in [0.5, 0.6) is 5.75 Å². The molecule has 0 bridgehead atoms. The van der Waals surface area contributed by atoms with E-state index in [1.165, 1.54) is 18.2 Å². The van der Waals surface area contributed by atoms with Crippen LogP contribution in [-0.4, -0.2) is 32.5 Å². The molecule has 0 aliphatic heterocycles. The standard InChI is InChI=1S/C10H12O5/c11-5-7-3-6(1-2-8(7)12)4-9(13)10(14)15/h1-3,9,11-13H,4-5H2,(H,14,15). The Bertz CT molecular complexity index is 361. The van der Waals surface area contributed by atoms with E-state index in [-0.39, 0.29) is 18.8 Å². The van der Waals surface area contributed by atoms with Crippen molar-refractivity contribution in [2.45, 2.75) is 19.1 Å². The molecule has 15 heavy (non-hydrogen) atoms. The molecule has 1 aromatic carbocycles. The predicted octanol–water partition coefficient (Wildman–Crippen LogP) is -0.127. The van der Waals surface area contributed by atoms with Gasteiger partial charge in [-0.2, -0.15) is 0 Å². The Morgan fingerprint density at radius 2 is 2.07 bits per heavy atom. The summed E-state index contributed by atoms with van der Waals surface area (Å²) in [7, 11) is 0. The molecule has 0 heterocycles. The van der Waals surface area contributed by atoms with Crippen molar-refractivity contribution < 1.29 is 25.2 Å². The molecule has 5 nitrogen and oxygen atoms in total. The number of aliphatic carboxylic acids is 1. The lowest BCUT2D eigenvalue weighted by molar-refractivity contribution is -0.146. The second kappa shape index (κ2) is 4.77. The molecule has 0 radical (unpaired) electrons. The summed E-state index contributed by atoms with van der Waals surface area (Å²) < 4.78 is 0. The van der Waals surface area contributed by atoms with Gasteiger partial charge < -0.3 is 20.4 Å². The van der Waals surface area contributed by atoms with Crippen LogP contribution in [0.4, 0.5) is 0 Å². The molecule has 4 N–H and O–H groups in total. The zero-order chi connectivity index (χ0) is 11.4. The molecule has 0 saturated heterocycles. The van der Waals surface area contributed by atoms with Gasteiger partial charge in [0.2, 0.25) is 0 Å². The Labute approximate surface area is 86.2 Å². The Kier molecular flexibility index (Phi) is 3.65. The van der Waals surface area contributed by atoms with Gasteiger partial charge >= 0.3 is 5.97 Å². The molecule has 1 unspecified atom stereocenters. The minimum atomic E-state index is -1.47. The van der Waals surface area contributed by atoms with Crippen LogP contribution in [0, 0.1) is 0 Å². The van der Waals surface area contributed by atoms with Crippen LogP contribution in [-0.2, 0) is 17.8 Å². The molecule has 5 heteroatoms. The quantitative estimate of drug-likeness (QED) is 0.557. The van der Waals surface area contributed by atoms with Gasteiger partial charge in [-0.25, -0.2) is 4.79 Å². The van der Waals surface area contributed by atoms with Crippen molar-refractivity contribution in [2.24, 2.45) is 0 Å². The Morgan fingerprint density at radius 3 is 2.60 bits per heavy atom. The maximum atomic E-state index is 10.4. The average molecular weight is 212 g/mol. The molecule has 0 fully saturated rings. The minimum Gasteiger partial charge on any atom is -0.508 e. The minimum absolute atomic E-state index is 0.0499. The van der Waals surface area contributed by atoms with Gasteiger partial charge in [0.1, 0.15) is 5.75 Å². The topological polar surface area (TPSA) is 98.0 Å². The molecule has 0 saturated carbocycles. The first-order chi connectivity index (χ1) is 7.04. The van der Waals surface area contributed by atoms with E-state index < -0.39 is 12.1 Å². The van der Waals surface area contributed by atoms with Gasteiger partial charge in [-0.3, -0.25) is 0 Å². The number of aliphatic hydroxyl groups is 2. The van der Waals surface area contributed by atoms with Gasteiger partial charge in [-0.1, -0.05) is 6.07 Å². The van der Waals surface area contributed by atoms with E-state index in [4.69, 9.17) is 15.3 Å². The van der Waals surface area contributed by atoms with Crippen molar-refractivity contribution in [3.05, 3.63) is 29.3 Å². The van der Waals surface area contributed by atoms with Crippen LogP contribution in [0.25, 0.3) is 0 Å². The predicted molar refractivity (Wildman–Crippen MR) is 51.4 cm³/mol. The first-order valence-electron chi connectivity index (χ1n) is 4.37. The molecule has 0 amide bonds. The number of aromatic hydroxyl groups is 1. The molecule has 0 aromatic heterocycles.